The molecule has 2 aromatic rings. The molecule has 6 nitrogen and oxygen atoms in total. The van der Waals surface area contributed by atoms with Crippen LogP contribution in [0.15, 0.2) is 28.5 Å². The molecular formula is C12H12N2O4S. The highest BCUT2D eigenvalue weighted by atomic mass is 32.1. The largest absolute Gasteiger partial charge is 0.508 e. The summed E-state index contributed by atoms with van der Waals surface area (Å²) >= 11 is 1.36. The Morgan fingerprint density at radius 3 is 2.79 bits per heavy atom. The first-order valence-corrected chi connectivity index (χ1v) is 6.50. The van der Waals surface area contributed by atoms with Gasteiger partial charge in [0.2, 0.25) is 0 Å². The average molecular weight is 280 g/mol. The Kier molecular flexibility index (Phi) is 3.66. The van der Waals surface area contributed by atoms with Crippen molar-refractivity contribution in [2.45, 2.75) is 19.4 Å². The molecule has 0 bridgehead atoms. The lowest BCUT2D eigenvalue weighted by atomic mass is 10.2. The van der Waals surface area contributed by atoms with E-state index >= 15 is 0 Å². The minimum Gasteiger partial charge on any atom is -0.508 e. The normalized spacial score (nSPS) is 12.3. The van der Waals surface area contributed by atoms with Gasteiger partial charge in [0.05, 0.1) is 6.04 Å². The Hall–Kier alpha value is -2.15. The van der Waals surface area contributed by atoms with Gasteiger partial charge in [-0.2, -0.15) is 0 Å². The molecule has 0 spiro atoms. The molecular weight excluding hydrogens is 268 g/mol. The van der Waals surface area contributed by atoms with Crippen molar-refractivity contribution in [3.63, 3.8) is 0 Å². The van der Waals surface area contributed by atoms with Crippen LogP contribution >= 0.6 is 11.3 Å². The number of nitrogens with zero attached hydrogens (tertiary/aromatic N) is 2. The van der Waals surface area contributed by atoms with Crippen LogP contribution in [0.4, 0.5) is 0 Å². The zero-order valence-electron chi connectivity index (χ0n) is 10.1. The second kappa shape index (κ2) is 5.23. The van der Waals surface area contributed by atoms with E-state index in [2.05, 4.69) is 4.98 Å². The van der Waals surface area contributed by atoms with Gasteiger partial charge in [0.1, 0.15) is 16.5 Å². The van der Waals surface area contributed by atoms with Gasteiger partial charge in [-0.05, 0) is 6.42 Å². The van der Waals surface area contributed by atoms with Gasteiger partial charge in [0.15, 0.2) is 0 Å². The maximum atomic E-state index is 12.0. The zero-order valence-corrected chi connectivity index (χ0v) is 10.9. The molecule has 2 N–H and O–H groups in total. The maximum absolute atomic E-state index is 12.0. The molecule has 0 aromatic carbocycles. The van der Waals surface area contributed by atoms with Crippen LogP contribution in [0.5, 0.6) is 5.75 Å². The van der Waals surface area contributed by atoms with E-state index in [1.54, 1.807) is 11.6 Å². The topological polar surface area (TPSA) is 92.4 Å². The monoisotopic (exact) mass is 280 g/mol. The van der Waals surface area contributed by atoms with Crippen molar-refractivity contribution in [1.29, 1.82) is 0 Å². The lowest BCUT2D eigenvalue weighted by Gasteiger charge is -2.18. The number of hydrogen-bond acceptors (Lipinski definition) is 5. The fourth-order valence-corrected chi connectivity index (χ4v) is 2.73. The number of pyridine rings is 1. The summed E-state index contributed by atoms with van der Waals surface area (Å²) in [5.41, 5.74) is -0.800. The first-order chi connectivity index (χ1) is 9.04. The van der Waals surface area contributed by atoms with E-state index in [4.69, 9.17) is 5.11 Å². The van der Waals surface area contributed by atoms with Crippen LogP contribution in [0.3, 0.4) is 0 Å². The van der Waals surface area contributed by atoms with Crippen molar-refractivity contribution >= 4 is 17.3 Å². The highest BCUT2D eigenvalue weighted by Gasteiger charge is 2.22. The summed E-state index contributed by atoms with van der Waals surface area (Å²) in [6.07, 6.45) is 2.13. The van der Waals surface area contributed by atoms with Crippen LogP contribution in [0.25, 0.3) is 0 Å². The van der Waals surface area contributed by atoms with E-state index in [0.717, 1.165) is 16.7 Å². The summed E-state index contributed by atoms with van der Waals surface area (Å²) < 4.78 is 1.15. The molecule has 100 valence electrons. The summed E-state index contributed by atoms with van der Waals surface area (Å²) in [6.45, 7) is 1.84. The Morgan fingerprint density at radius 2 is 2.26 bits per heavy atom. The van der Waals surface area contributed by atoms with E-state index < -0.39 is 17.6 Å². The quantitative estimate of drug-likeness (QED) is 0.889. The van der Waals surface area contributed by atoms with Crippen LogP contribution < -0.4 is 5.56 Å². The minimum atomic E-state index is -1.26. The summed E-state index contributed by atoms with van der Waals surface area (Å²) in [7, 11) is 0. The number of aromatic carboxylic acids is 1. The Balaban J connectivity index is 2.66. The van der Waals surface area contributed by atoms with Gasteiger partial charge in [0.25, 0.3) is 5.56 Å². The molecule has 1 atom stereocenters. The number of thiazole rings is 1. The fraction of sp³-hybridized carbons (Fsp3) is 0.250. The first-order valence-electron chi connectivity index (χ1n) is 5.62. The van der Waals surface area contributed by atoms with Crippen molar-refractivity contribution < 1.29 is 15.0 Å². The van der Waals surface area contributed by atoms with Crippen LogP contribution in [0.1, 0.15) is 34.9 Å². The summed E-state index contributed by atoms with van der Waals surface area (Å²) in [6, 6.07) is 1.63. The van der Waals surface area contributed by atoms with Crippen LogP contribution in [0, 0.1) is 0 Å². The Bertz CT molecular complexity index is 648. The third-order valence-corrected chi connectivity index (χ3v) is 3.58. The number of carboxylic acid groups (broad SMARTS) is 1. The van der Waals surface area contributed by atoms with Crippen LogP contribution in [0.2, 0.25) is 0 Å². The predicted molar refractivity (Wildman–Crippen MR) is 69.9 cm³/mol. The number of carboxylic acids is 1. The van der Waals surface area contributed by atoms with Gasteiger partial charge in [-0.3, -0.25) is 9.36 Å². The van der Waals surface area contributed by atoms with E-state index in [0.29, 0.717) is 11.4 Å². The number of hydrogen-bond donors (Lipinski definition) is 2. The predicted octanol–water partition coefficient (Wildman–Crippen LogP) is 1.71. The highest BCUT2D eigenvalue weighted by molar-refractivity contribution is 7.09. The molecule has 2 rings (SSSR count). The van der Waals surface area contributed by atoms with E-state index in [9.17, 15) is 14.7 Å². The molecule has 19 heavy (non-hydrogen) atoms. The standard InChI is InChI=1S/C12H12N2O4S/c1-2-8(11-13-3-4-19-11)14-9(12(17)18)5-7(15)6-10(14)16/h3-6,8,15H,2H2,1H3,(H,17,18). The van der Waals surface area contributed by atoms with Gasteiger partial charge in [0, 0.05) is 23.7 Å². The number of carbonyl (C=O) groups is 1. The minimum absolute atomic E-state index is 0.243. The second-order valence-corrected chi connectivity index (χ2v) is 4.83. The van der Waals surface area contributed by atoms with Crippen molar-refractivity contribution in [1.82, 2.24) is 9.55 Å². The van der Waals surface area contributed by atoms with E-state index in [-0.39, 0.29) is 11.4 Å². The van der Waals surface area contributed by atoms with Crippen molar-refractivity contribution in [2.75, 3.05) is 0 Å². The van der Waals surface area contributed by atoms with Crippen LogP contribution in [-0.2, 0) is 0 Å². The van der Waals surface area contributed by atoms with Crippen molar-refractivity contribution in [2.24, 2.45) is 0 Å². The summed E-state index contributed by atoms with van der Waals surface area (Å²) in [5, 5.41) is 21.0. The molecule has 0 aliphatic rings. The smallest absolute Gasteiger partial charge is 0.352 e. The van der Waals surface area contributed by atoms with Gasteiger partial charge < -0.3 is 10.2 Å². The van der Waals surface area contributed by atoms with Gasteiger partial charge in [-0.1, -0.05) is 6.92 Å². The lowest BCUT2D eigenvalue weighted by molar-refractivity contribution is 0.0681. The lowest BCUT2D eigenvalue weighted by Crippen LogP contribution is -2.29. The SMILES string of the molecule is CCC(c1nccs1)n1c(C(=O)O)cc(O)cc1=O. The number of aromatic nitrogens is 2. The third kappa shape index (κ3) is 2.50. The van der Waals surface area contributed by atoms with E-state index in [1.165, 1.54) is 11.3 Å². The molecule has 0 aliphatic heterocycles. The van der Waals surface area contributed by atoms with Crippen LogP contribution in [-0.4, -0.2) is 25.7 Å². The fourth-order valence-electron chi connectivity index (χ4n) is 1.92. The van der Waals surface area contributed by atoms with Gasteiger partial charge >= 0.3 is 5.97 Å². The molecule has 0 saturated carbocycles. The zero-order chi connectivity index (χ0) is 14.0. The Labute approximate surface area is 112 Å². The second-order valence-electron chi connectivity index (χ2n) is 3.91. The average Bonchev–Trinajstić information content (AvgIpc) is 2.85. The van der Waals surface area contributed by atoms with Gasteiger partial charge in [-0.15, -0.1) is 11.3 Å². The molecule has 7 heteroatoms. The molecule has 2 aromatic heterocycles. The van der Waals surface area contributed by atoms with Crippen molar-refractivity contribution in [3.05, 3.63) is 44.8 Å². The molecule has 1 unspecified atom stereocenters. The molecule has 0 aliphatic carbocycles. The summed E-state index contributed by atoms with van der Waals surface area (Å²) in [5.74, 6) is -1.62. The highest BCUT2D eigenvalue weighted by Crippen LogP contribution is 2.24. The molecule has 0 amide bonds. The number of aromatic hydroxyl groups is 1. The maximum Gasteiger partial charge on any atom is 0.352 e. The molecule has 0 fully saturated rings. The van der Waals surface area contributed by atoms with E-state index in [1.807, 2.05) is 6.92 Å². The molecule has 0 radical (unpaired) electrons. The summed E-state index contributed by atoms with van der Waals surface area (Å²) in [4.78, 5) is 27.3. The third-order valence-electron chi connectivity index (χ3n) is 2.71. The van der Waals surface area contributed by atoms with Gasteiger partial charge in [-0.25, -0.2) is 9.78 Å². The number of rotatable bonds is 4. The first kappa shape index (κ1) is 13.3. The van der Waals surface area contributed by atoms with Crippen molar-refractivity contribution in [3.8, 4) is 5.75 Å². The molecule has 0 saturated heterocycles. The molecule has 2 heterocycles. The Morgan fingerprint density at radius 1 is 1.53 bits per heavy atom.